The molecule has 1 aromatic rings. The first-order chi connectivity index (χ1) is 10.6. The van der Waals surface area contributed by atoms with Gasteiger partial charge in [0.2, 0.25) is 0 Å². The Balaban J connectivity index is 2.93. The lowest BCUT2D eigenvalue weighted by molar-refractivity contribution is -0.137. The van der Waals surface area contributed by atoms with E-state index >= 15 is 0 Å². The van der Waals surface area contributed by atoms with Gasteiger partial charge >= 0.3 is 5.97 Å². The van der Waals surface area contributed by atoms with Crippen LogP contribution in [0.3, 0.4) is 0 Å². The van der Waals surface area contributed by atoms with E-state index in [0.29, 0.717) is 13.0 Å². The minimum Gasteiger partial charge on any atom is -0.467 e. The molecule has 23 heavy (non-hydrogen) atoms. The van der Waals surface area contributed by atoms with Gasteiger partial charge in [0, 0.05) is 12.5 Å². The van der Waals surface area contributed by atoms with Gasteiger partial charge in [0.05, 0.1) is 12.9 Å². The van der Waals surface area contributed by atoms with E-state index < -0.39 is 8.32 Å². The number of hydrogen-bond acceptors (Lipinski definition) is 4. The molecule has 0 amide bonds. The van der Waals surface area contributed by atoms with Gasteiger partial charge in [-0.25, -0.2) is 4.79 Å². The Kier molecular flexibility index (Phi) is 6.83. The topological polar surface area (TPSA) is 48.7 Å². The molecule has 4 nitrogen and oxygen atoms in total. The third kappa shape index (κ3) is 5.99. The van der Waals surface area contributed by atoms with Crippen molar-refractivity contribution < 1.29 is 18.4 Å². The lowest BCUT2D eigenvalue weighted by Gasteiger charge is -2.39. The largest absolute Gasteiger partial charge is 0.467 e. The number of furan rings is 1. The highest BCUT2D eigenvalue weighted by molar-refractivity contribution is 6.74. The van der Waals surface area contributed by atoms with Crippen LogP contribution < -0.4 is 0 Å². The monoisotopic (exact) mass is 338 g/mol. The third-order valence-corrected chi connectivity index (χ3v) is 8.75. The molecular formula is C18H30O4Si. The summed E-state index contributed by atoms with van der Waals surface area (Å²) >= 11 is 0. The number of ether oxygens (including phenoxy) is 1. The molecule has 0 aromatic carbocycles. The summed E-state index contributed by atoms with van der Waals surface area (Å²) in [6, 6.07) is 3.79. The molecule has 0 radical (unpaired) electrons. The number of carbonyl (C=O) groups excluding carboxylic acids is 1. The summed E-state index contributed by atoms with van der Waals surface area (Å²) in [6.07, 6.45) is 3.62. The van der Waals surface area contributed by atoms with Gasteiger partial charge in [-0.05, 0) is 44.1 Å². The summed E-state index contributed by atoms with van der Waals surface area (Å²) in [7, 11) is -1.95. The smallest absolute Gasteiger partial charge is 0.330 e. The first-order valence-corrected chi connectivity index (χ1v) is 11.0. The molecule has 0 spiro atoms. The Morgan fingerprint density at radius 1 is 1.39 bits per heavy atom. The molecule has 1 atom stereocenters. The Morgan fingerprint density at radius 3 is 2.52 bits per heavy atom. The quantitative estimate of drug-likeness (QED) is 0.387. The van der Waals surface area contributed by atoms with Gasteiger partial charge in [0.25, 0.3) is 0 Å². The molecule has 0 aliphatic rings. The molecule has 0 N–H and O–H groups in total. The minimum atomic E-state index is -1.95. The van der Waals surface area contributed by atoms with Crippen molar-refractivity contribution in [2.75, 3.05) is 6.61 Å². The summed E-state index contributed by atoms with van der Waals surface area (Å²) in [5.41, 5.74) is 0.920. The molecular weight excluding hydrogens is 308 g/mol. The van der Waals surface area contributed by atoms with Crippen LogP contribution in [-0.2, 0) is 14.0 Å². The number of carbonyl (C=O) groups is 1. The maximum absolute atomic E-state index is 11.6. The summed E-state index contributed by atoms with van der Waals surface area (Å²) in [5, 5.41) is 0.108. The molecule has 0 saturated heterocycles. The second kappa shape index (κ2) is 7.97. The zero-order chi connectivity index (χ0) is 17.7. The van der Waals surface area contributed by atoms with Crippen molar-refractivity contribution in [3.8, 4) is 0 Å². The van der Waals surface area contributed by atoms with Crippen LogP contribution >= 0.6 is 0 Å². The highest BCUT2D eigenvalue weighted by atomic mass is 28.4. The van der Waals surface area contributed by atoms with Crippen molar-refractivity contribution in [2.24, 2.45) is 0 Å². The van der Waals surface area contributed by atoms with Crippen LogP contribution in [-0.4, -0.2) is 20.9 Å². The molecule has 0 bridgehead atoms. The zero-order valence-electron chi connectivity index (χ0n) is 15.4. The highest BCUT2D eigenvalue weighted by Gasteiger charge is 2.40. The van der Waals surface area contributed by atoms with Crippen molar-refractivity contribution in [3.63, 3.8) is 0 Å². The van der Waals surface area contributed by atoms with Crippen molar-refractivity contribution >= 4 is 14.3 Å². The lowest BCUT2D eigenvalue weighted by atomic mass is 10.1. The SMILES string of the molecule is CCOC(=O)/C=C(\C)C[C@H](O[Si](C)(C)C(C)(C)C)c1ccco1. The van der Waals surface area contributed by atoms with Gasteiger partial charge in [-0.15, -0.1) is 0 Å². The Hall–Kier alpha value is -1.33. The van der Waals surface area contributed by atoms with Gasteiger partial charge in [-0.3, -0.25) is 0 Å². The van der Waals surface area contributed by atoms with Crippen LogP contribution in [0.2, 0.25) is 18.1 Å². The van der Waals surface area contributed by atoms with E-state index in [-0.39, 0.29) is 17.1 Å². The van der Waals surface area contributed by atoms with Crippen LogP contribution in [0.1, 0.15) is 52.9 Å². The molecule has 0 fully saturated rings. The molecule has 1 aromatic heterocycles. The third-order valence-electron chi connectivity index (χ3n) is 4.26. The van der Waals surface area contributed by atoms with Crippen molar-refractivity contribution in [2.45, 2.75) is 65.3 Å². The van der Waals surface area contributed by atoms with E-state index in [0.717, 1.165) is 11.3 Å². The molecule has 5 heteroatoms. The zero-order valence-corrected chi connectivity index (χ0v) is 16.4. The molecule has 0 saturated carbocycles. The predicted molar refractivity (Wildman–Crippen MR) is 94.7 cm³/mol. The predicted octanol–water partition coefficient (Wildman–Crippen LogP) is 5.24. The standard InChI is InChI=1S/C18H30O4Si/c1-8-20-17(19)13-14(2)12-16(15-10-9-11-21-15)22-23(6,7)18(3,4)5/h9-11,13,16H,8,12H2,1-7H3/b14-13+/t16-/m0/s1. The van der Waals surface area contributed by atoms with Crippen molar-refractivity contribution in [1.29, 1.82) is 0 Å². The molecule has 0 aliphatic heterocycles. The molecule has 1 heterocycles. The van der Waals surface area contributed by atoms with Crippen LogP contribution in [0.25, 0.3) is 0 Å². The van der Waals surface area contributed by atoms with E-state index in [9.17, 15) is 4.79 Å². The van der Waals surface area contributed by atoms with Gasteiger partial charge in [-0.1, -0.05) is 26.3 Å². The number of rotatable bonds is 7. The number of hydrogen-bond donors (Lipinski definition) is 0. The van der Waals surface area contributed by atoms with Crippen LogP contribution in [0.4, 0.5) is 0 Å². The summed E-state index contributed by atoms with van der Waals surface area (Å²) in [4.78, 5) is 11.6. The maximum atomic E-state index is 11.6. The summed E-state index contributed by atoms with van der Waals surface area (Å²) in [6.45, 7) is 15.2. The second-order valence-electron chi connectivity index (χ2n) is 7.33. The first kappa shape index (κ1) is 19.7. The summed E-state index contributed by atoms with van der Waals surface area (Å²) in [5.74, 6) is 0.488. The molecule has 0 unspecified atom stereocenters. The average molecular weight is 339 g/mol. The maximum Gasteiger partial charge on any atom is 0.330 e. The van der Waals surface area contributed by atoms with Gasteiger partial charge < -0.3 is 13.6 Å². The fraction of sp³-hybridized carbons (Fsp3) is 0.611. The van der Waals surface area contributed by atoms with Crippen LogP contribution in [0.15, 0.2) is 34.5 Å². The second-order valence-corrected chi connectivity index (χ2v) is 12.1. The Labute approximate surface area is 141 Å². The van der Waals surface area contributed by atoms with Gasteiger partial charge in [-0.2, -0.15) is 0 Å². The van der Waals surface area contributed by atoms with E-state index in [2.05, 4.69) is 33.9 Å². The molecule has 130 valence electrons. The fourth-order valence-corrected chi connectivity index (χ4v) is 3.21. The average Bonchev–Trinajstić information content (AvgIpc) is 2.89. The highest BCUT2D eigenvalue weighted by Crippen LogP contribution is 2.41. The first-order valence-electron chi connectivity index (χ1n) is 8.12. The van der Waals surface area contributed by atoms with E-state index in [4.69, 9.17) is 13.6 Å². The van der Waals surface area contributed by atoms with Gasteiger partial charge in [0.15, 0.2) is 8.32 Å². The molecule has 1 rings (SSSR count). The minimum absolute atomic E-state index is 0.108. The van der Waals surface area contributed by atoms with Crippen molar-refractivity contribution in [3.05, 3.63) is 35.8 Å². The van der Waals surface area contributed by atoms with Crippen LogP contribution in [0.5, 0.6) is 0 Å². The fourth-order valence-electron chi connectivity index (χ4n) is 1.94. The Morgan fingerprint density at radius 2 is 2.04 bits per heavy atom. The van der Waals surface area contributed by atoms with E-state index in [1.54, 1.807) is 13.2 Å². The van der Waals surface area contributed by atoms with Crippen LogP contribution in [0, 0.1) is 0 Å². The Bertz CT molecular complexity index is 524. The van der Waals surface area contributed by atoms with Gasteiger partial charge in [0.1, 0.15) is 11.9 Å². The molecule has 0 aliphatic carbocycles. The summed E-state index contributed by atoms with van der Waals surface area (Å²) < 4.78 is 17.0. The van der Waals surface area contributed by atoms with E-state index in [1.807, 2.05) is 19.1 Å². The lowest BCUT2D eigenvalue weighted by Crippen LogP contribution is -2.41. The normalized spacial score (nSPS) is 14.7. The van der Waals surface area contributed by atoms with E-state index in [1.165, 1.54) is 6.08 Å². The number of esters is 1. The van der Waals surface area contributed by atoms with Crippen molar-refractivity contribution in [1.82, 2.24) is 0 Å².